The van der Waals surface area contributed by atoms with Crippen LogP contribution in [-0.2, 0) is 0 Å². The Balaban J connectivity index is 2.28. The summed E-state index contributed by atoms with van der Waals surface area (Å²) < 4.78 is 6.63. The smallest absolute Gasteiger partial charge is 0.330 e. The zero-order valence-corrected chi connectivity index (χ0v) is 14.0. The number of rotatable bonds is 3. The van der Waals surface area contributed by atoms with Crippen LogP contribution in [0.3, 0.4) is 0 Å². The topological polar surface area (TPSA) is 90.1 Å². The molecule has 0 saturated heterocycles. The third kappa shape index (κ3) is 2.67. The lowest BCUT2D eigenvalue weighted by atomic mass is 10.2. The van der Waals surface area contributed by atoms with Gasteiger partial charge in [0, 0.05) is 15.5 Å². The van der Waals surface area contributed by atoms with E-state index in [0.29, 0.717) is 21.0 Å². The Morgan fingerprint density at radius 3 is 2.74 bits per heavy atom. The molecule has 0 saturated carbocycles. The molecule has 3 aromatic rings. The normalized spacial score (nSPS) is 12.5. The summed E-state index contributed by atoms with van der Waals surface area (Å²) in [6.45, 7) is 1.58. The lowest BCUT2D eigenvalue weighted by molar-refractivity contribution is 0.415. The predicted molar refractivity (Wildman–Crippen MR) is 92.6 cm³/mol. The van der Waals surface area contributed by atoms with E-state index >= 15 is 0 Å². The number of benzene rings is 1. The van der Waals surface area contributed by atoms with E-state index in [1.54, 1.807) is 38.3 Å². The summed E-state index contributed by atoms with van der Waals surface area (Å²) in [6.07, 6.45) is -0.707. The highest BCUT2D eigenvalue weighted by Crippen LogP contribution is 2.37. The van der Waals surface area contributed by atoms with E-state index < -0.39 is 17.4 Å². The molecule has 0 aliphatic heterocycles. The van der Waals surface area contributed by atoms with Gasteiger partial charge < -0.3 is 15.5 Å². The molecule has 1 unspecified atom stereocenters. The molecule has 2 aromatic heterocycles. The lowest BCUT2D eigenvalue weighted by Gasteiger charge is -2.07. The fourth-order valence-corrected chi connectivity index (χ4v) is 3.70. The first-order valence-electron chi connectivity index (χ1n) is 6.80. The number of aromatic nitrogens is 2. The molecule has 0 aliphatic rings. The van der Waals surface area contributed by atoms with Crippen LogP contribution in [0.1, 0.15) is 13.1 Å². The van der Waals surface area contributed by atoms with E-state index in [9.17, 15) is 9.59 Å². The van der Waals surface area contributed by atoms with Crippen LogP contribution in [0.25, 0.3) is 20.7 Å². The van der Waals surface area contributed by atoms with Gasteiger partial charge in [-0.2, -0.15) is 0 Å². The van der Waals surface area contributed by atoms with Crippen molar-refractivity contribution in [3.05, 3.63) is 50.1 Å². The van der Waals surface area contributed by atoms with Gasteiger partial charge in [0.05, 0.1) is 18.8 Å². The van der Waals surface area contributed by atoms with Crippen molar-refractivity contribution in [2.75, 3.05) is 7.11 Å². The maximum absolute atomic E-state index is 12.5. The molecule has 1 atom stereocenters. The standard InChI is InChI=1S/C15H14ClN3O3S/c1-7(17)19-14(20)13-11(18-15(19)21)6-12(23-13)9-5-8(22-2)3-4-10(9)16/h3-7H,17H2,1-2H3,(H,18,21). The van der Waals surface area contributed by atoms with Crippen LogP contribution < -0.4 is 21.7 Å². The van der Waals surface area contributed by atoms with Crippen LogP contribution in [0.2, 0.25) is 5.02 Å². The van der Waals surface area contributed by atoms with E-state index in [1.165, 1.54) is 11.3 Å². The molecule has 8 heteroatoms. The van der Waals surface area contributed by atoms with Gasteiger partial charge >= 0.3 is 5.69 Å². The minimum absolute atomic E-state index is 0.408. The molecule has 120 valence electrons. The Hall–Kier alpha value is -2.09. The average Bonchev–Trinajstić information content (AvgIpc) is 2.91. The van der Waals surface area contributed by atoms with E-state index in [2.05, 4.69) is 4.98 Å². The molecule has 0 fully saturated rings. The van der Waals surface area contributed by atoms with Crippen LogP contribution in [0.15, 0.2) is 33.9 Å². The van der Waals surface area contributed by atoms with Gasteiger partial charge in [0.15, 0.2) is 0 Å². The number of methoxy groups -OCH3 is 1. The zero-order valence-electron chi connectivity index (χ0n) is 12.4. The molecule has 0 aliphatic carbocycles. The number of ether oxygens (including phenoxy) is 1. The van der Waals surface area contributed by atoms with Crippen molar-refractivity contribution in [2.24, 2.45) is 5.73 Å². The fraction of sp³-hybridized carbons (Fsp3) is 0.200. The number of nitrogens with zero attached hydrogens (tertiary/aromatic N) is 1. The van der Waals surface area contributed by atoms with Crippen LogP contribution in [0.4, 0.5) is 0 Å². The zero-order chi connectivity index (χ0) is 16.7. The average molecular weight is 352 g/mol. The maximum Gasteiger partial charge on any atom is 0.330 e. The van der Waals surface area contributed by atoms with Crippen molar-refractivity contribution in [2.45, 2.75) is 13.1 Å². The molecule has 0 amide bonds. The van der Waals surface area contributed by atoms with E-state index in [-0.39, 0.29) is 0 Å². The highest BCUT2D eigenvalue weighted by molar-refractivity contribution is 7.22. The van der Waals surface area contributed by atoms with Crippen LogP contribution in [-0.4, -0.2) is 16.7 Å². The number of halogens is 1. The second-order valence-corrected chi connectivity index (χ2v) is 6.50. The van der Waals surface area contributed by atoms with Gasteiger partial charge in [-0.25, -0.2) is 9.36 Å². The summed E-state index contributed by atoms with van der Waals surface area (Å²) in [4.78, 5) is 27.9. The molecule has 0 spiro atoms. The second-order valence-electron chi connectivity index (χ2n) is 5.05. The van der Waals surface area contributed by atoms with Gasteiger partial charge in [0.1, 0.15) is 10.4 Å². The summed E-state index contributed by atoms with van der Waals surface area (Å²) in [5, 5.41) is 0.534. The first-order chi connectivity index (χ1) is 10.9. The summed E-state index contributed by atoms with van der Waals surface area (Å²) in [6, 6.07) is 7.00. The third-order valence-corrected chi connectivity index (χ3v) is 4.94. The Bertz CT molecular complexity index is 1000. The van der Waals surface area contributed by atoms with Crippen molar-refractivity contribution < 1.29 is 4.74 Å². The highest BCUT2D eigenvalue weighted by atomic mass is 35.5. The van der Waals surface area contributed by atoms with Crippen LogP contribution in [0, 0.1) is 0 Å². The van der Waals surface area contributed by atoms with Gasteiger partial charge in [0.2, 0.25) is 0 Å². The minimum Gasteiger partial charge on any atom is -0.497 e. The SMILES string of the molecule is COc1ccc(Cl)c(-c2cc3[nH]c(=O)n(C(C)N)c(=O)c3s2)c1. The Kier molecular flexibility index (Phi) is 4.01. The third-order valence-electron chi connectivity index (χ3n) is 3.45. The maximum atomic E-state index is 12.5. The van der Waals surface area contributed by atoms with Crippen molar-refractivity contribution in [3.8, 4) is 16.2 Å². The summed E-state index contributed by atoms with van der Waals surface area (Å²) in [7, 11) is 1.57. The van der Waals surface area contributed by atoms with Crippen LogP contribution >= 0.6 is 22.9 Å². The van der Waals surface area contributed by atoms with Crippen LogP contribution in [0.5, 0.6) is 5.75 Å². The minimum atomic E-state index is -0.707. The van der Waals surface area contributed by atoms with Crippen molar-refractivity contribution in [1.82, 2.24) is 9.55 Å². The first kappa shape index (κ1) is 15.8. The van der Waals surface area contributed by atoms with Crippen molar-refractivity contribution >= 4 is 33.2 Å². The van der Waals surface area contributed by atoms with E-state index in [4.69, 9.17) is 22.1 Å². The van der Waals surface area contributed by atoms with Gasteiger partial charge in [-0.05, 0) is 31.2 Å². The van der Waals surface area contributed by atoms with Gasteiger partial charge in [0.25, 0.3) is 5.56 Å². The first-order valence-corrected chi connectivity index (χ1v) is 7.99. The predicted octanol–water partition coefficient (Wildman–Crippen LogP) is 2.56. The largest absolute Gasteiger partial charge is 0.497 e. The molecule has 0 radical (unpaired) electrons. The quantitative estimate of drug-likeness (QED) is 0.758. The number of H-pyrrole nitrogens is 1. The molecule has 23 heavy (non-hydrogen) atoms. The fourth-order valence-electron chi connectivity index (χ4n) is 2.34. The molecule has 0 bridgehead atoms. The number of hydrogen-bond donors (Lipinski definition) is 2. The molecular formula is C15H14ClN3O3S. The number of nitrogens with two attached hydrogens (primary N) is 1. The lowest BCUT2D eigenvalue weighted by Crippen LogP contribution is -2.39. The second kappa shape index (κ2) is 5.84. The molecule has 6 nitrogen and oxygen atoms in total. The number of hydrogen-bond acceptors (Lipinski definition) is 5. The molecular weight excluding hydrogens is 338 g/mol. The molecule has 1 aromatic carbocycles. The highest BCUT2D eigenvalue weighted by Gasteiger charge is 2.16. The summed E-state index contributed by atoms with van der Waals surface area (Å²) in [5.74, 6) is 0.656. The van der Waals surface area contributed by atoms with Crippen molar-refractivity contribution in [1.29, 1.82) is 0 Å². The molecule has 2 heterocycles. The Labute approximate surface area is 140 Å². The molecule has 3 rings (SSSR count). The number of thiophene rings is 1. The van der Waals surface area contributed by atoms with Gasteiger partial charge in [-0.3, -0.25) is 4.79 Å². The van der Waals surface area contributed by atoms with Gasteiger partial charge in [-0.15, -0.1) is 11.3 Å². The summed E-state index contributed by atoms with van der Waals surface area (Å²) in [5.41, 5.74) is 5.96. The Morgan fingerprint density at radius 2 is 2.09 bits per heavy atom. The van der Waals surface area contributed by atoms with Gasteiger partial charge in [-0.1, -0.05) is 11.6 Å². The van der Waals surface area contributed by atoms with E-state index in [1.807, 2.05) is 0 Å². The number of aromatic amines is 1. The molecule has 3 N–H and O–H groups in total. The van der Waals surface area contributed by atoms with E-state index in [0.717, 1.165) is 15.0 Å². The Morgan fingerprint density at radius 1 is 1.35 bits per heavy atom. The van der Waals surface area contributed by atoms with Crippen molar-refractivity contribution in [3.63, 3.8) is 0 Å². The monoisotopic (exact) mass is 351 g/mol. The summed E-state index contributed by atoms with van der Waals surface area (Å²) >= 11 is 7.50. The number of fused-ring (bicyclic) bond motifs is 1. The number of nitrogens with one attached hydrogen (secondary N) is 1.